The van der Waals surface area contributed by atoms with Gasteiger partial charge in [-0.15, -0.1) is 0 Å². The maximum atomic E-state index is 14.1. The fourth-order valence-electron chi connectivity index (χ4n) is 1.16. The molecule has 0 saturated carbocycles. The van der Waals surface area contributed by atoms with E-state index in [4.69, 9.17) is 11.6 Å². The van der Waals surface area contributed by atoms with E-state index in [0.717, 1.165) is 4.90 Å². The van der Waals surface area contributed by atoms with E-state index in [1.165, 1.54) is 38.4 Å². The zero-order valence-electron chi connectivity index (χ0n) is 9.66. The minimum absolute atomic E-state index is 0.178. The van der Waals surface area contributed by atoms with Crippen molar-refractivity contribution >= 4 is 29.3 Å². The Hall–Kier alpha value is -0.880. The molecule has 7 heteroatoms. The third-order valence-corrected chi connectivity index (χ3v) is 3.47. The zero-order valence-corrected chi connectivity index (χ0v) is 11.2. The number of hydrogen-bond acceptors (Lipinski definition) is 2. The van der Waals surface area contributed by atoms with Gasteiger partial charge >= 0.3 is 0 Å². The fraction of sp³-hybridized carbons (Fsp3) is 0.364. The summed E-state index contributed by atoms with van der Waals surface area (Å²) in [4.78, 5) is 12.5. The molecule has 2 nitrogen and oxygen atoms in total. The van der Waals surface area contributed by atoms with Gasteiger partial charge in [-0.1, -0.05) is 23.4 Å². The number of carbonyl (C=O) groups is 1. The van der Waals surface area contributed by atoms with E-state index in [1.54, 1.807) is 0 Å². The number of carbonyl (C=O) groups excluding carboxylic acids is 1. The molecule has 0 aliphatic heterocycles. The van der Waals surface area contributed by atoms with Gasteiger partial charge in [0.1, 0.15) is 0 Å². The van der Waals surface area contributed by atoms with Crippen LogP contribution in [-0.2, 0) is 4.79 Å². The monoisotopic (exact) mass is 297 g/mol. The van der Waals surface area contributed by atoms with Gasteiger partial charge in [0.2, 0.25) is 0 Å². The van der Waals surface area contributed by atoms with E-state index in [2.05, 4.69) is 0 Å². The topological polar surface area (TPSA) is 20.3 Å². The number of thioether (sulfide) groups is 1. The van der Waals surface area contributed by atoms with Crippen LogP contribution >= 0.6 is 23.4 Å². The van der Waals surface area contributed by atoms with E-state index in [0.29, 0.717) is 5.02 Å². The lowest BCUT2D eigenvalue weighted by Crippen LogP contribution is -2.45. The molecule has 0 bridgehead atoms. The quantitative estimate of drug-likeness (QED) is 0.793. The average molecular weight is 298 g/mol. The third kappa shape index (κ3) is 3.32. The SMILES string of the molecule is CN(C)C(=O)C(F)(Sc1ccc(Cl)cc1)C(F)F. The first-order valence-electron chi connectivity index (χ1n) is 4.90. The number of rotatable bonds is 4. The van der Waals surface area contributed by atoms with E-state index in [-0.39, 0.29) is 16.7 Å². The zero-order chi connectivity index (χ0) is 13.9. The summed E-state index contributed by atoms with van der Waals surface area (Å²) < 4.78 is 39.7. The van der Waals surface area contributed by atoms with Crippen molar-refractivity contribution in [3.63, 3.8) is 0 Å². The Bertz CT molecular complexity index is 427. The fourth-order valence-corrected chi connectivity index (χ4v) is 2.26. The predicted molar refractivity (Wildman–Crippen MR) is 65.8 cm³/mol. The van der Waals surface area contributed by atoms with Gasteiger partial charge in [0, 0.05) is 24.0 Å². The van der Waals surface area contributed by atoms with Gasteiger partial charge in [-0.3, -0.25) is 4.79 Å². The summed E-state index contributed by atoms with van der Waals surface area (Å²) in [6.45, 7) is 0. The van der Waals surface area contributed by atoms with E-state index in [1.807, 2.05) is 0 Å². The molecule has 0 fully saturated rings. The third-order valence-electron chi connectivity index (χ3n) is 2.06. The Morgan fingerprint density at radius 1 is 1.33 bits per heavy atom. The number of amides is 1. The lowest BCUT2D eigenvalue weighted by atomic mass is 10.3. The average Bonchev–Trinajstić information content (AvgIpc) is 2.30. The summed E-state index contributed by atoms with van der Waals surface area (Å²) in [5, 5.41) is -2.89. The first-order chi connectivity index (χ1) is 8.27. The summed E-state index contributed by atoms with van der Waals surface area (Å²) in [6.07, 6.45) is -3.42. The summed E-state index contributed by atoms with van der Waals surface area (Å²) in [5.41, 5.74) is 0. The molecule has 0 aromatic heterocycles. The first-order valence-corrected chi connectivity index (χ1v) is 6.10. The molecular weight excluding hydrogens is 287 g/mol. The second-order valence-corrected chi connectivity index (χ2v) is 5.41. The number of alkyl halides is 3. The molecule has 1 unspecified atom stereocenters. The highest BCUT2D eigenvalue weighted by atomic mass is 35.5. The molecule has 0 aliphatic rings. The lowest BCUT2D eigenvalue weighted by molar-refractivity contribution is -0.142. The molecule has 0 aliphatic carbocycles. The highest BCUT2D eigenvalue weighted by molar-refractivity contribution is 8.01. The molecule has 0 saturated heterocycles. The number of benzene rings is 1. The van der Waals surface area contributed by atoms with Gasteiger partial charge in [-0.05, 0) is 24.3 Å². The molecule has 0 radical (unpaired) electrons. The van der Waals surface area contributed by atoms with Crippen LogP contribution in [-0.4, -0.2) is 36.3 Å². The van der Waals surface area contributed by atoms with E-state index >= 15 is 0 Å². The van der Waals surface area contributed by atoms with Crippen LogP contribution in [0.4, 0.5) is 13.2 Å². The van der Waals surface area contributed by atoms with Crippen LogP contribution in [0.5, 0.6) is 0 Å². The van der Waals surface area contributed by atoms with Crippen LogP contribution < -0.4 is 0 Å². The molecular formula is C11H11ClF3NOS. The van der Waals surface area contributed by atoms with Crippen molar-refractivity contribution in [1.29, 1.82) is 0 Å². The van der Waals surface area contributed by atoms with Gasteiger partial charge < -0.3 is 4.90 Å². The Kier molecular flexibility index (Phi) is 4.92. The Labute approximate surface area is 112 Å². The van der Waals surface area contributed by atoms with Crippen molar-refractivity contribution < 1.29 is 18.0 Å². The second kappa shape index (κ2) is 5.84. The molecule has 0 N–H and O–H groups in total. The van der Waals surface area contributed by atoms with Crippen LogP contribution in [0.25, 0.3) is 0 Å². The largest absolute Gasteiger partial charge is 0.345 e. The summed E-state index contributed by atoms with van der Waals surface area (Å²) in [6, 6.07) is 5.64. The highest BCUT2D eigenvalue weighted by Crippen LogP contribution is 2.40. The molecule has 0 spiro atoms. The molecule has 18 heavy (non-hydrogen) atoms. The van der Waals surface area contributed by atoms with Crippen LogP contribution in [0, 0.1) is 0 Å². The number of halogens is 4. The van der Waals surface area contributed by atoms with Crippen molar-refractivity contribution in [2.24, 2.45) is 0 Å². The van der Waals surface area contributed by atoms with Crippen molar-refractivity contribution in [2.45, 2.75) is 16.3 Å². The van der Waals surface area contributed by atoms with Crippen molar-refractivity contribution in [1.82, 2.24) is 4.90 Å². The lowest BCUT2D eigenvalue weighted by Gasteiger charge is -2.25. The van der Waals surface area contributed by atoms with Crippen LogP contribution in [0.15, 0.2) is 29.2 Å². The summed E-state index contributed by atoms with van der Waals surface area (Å²) in [5.74, 6) is -1.28. The van der Waals surface area contributed by atoms with Gasteiger partial charge in [0.15, 0.2) is 0 Å². The summed E-state index contributed by atoms with van der Waals surface area (Å²) in [7, 11) is 2.45. The van der Waals surface area contributed by atoms with Gasteiger partial charge in [0.25, 0.3) is 17.3 Å². The molecule has 1 rings (SSSR count). The van der Waals surface area contributed by atoms with Gasteiger partial charge in [-0.2, -0.15) is 0 Å². The number of nitrogens with zero attached hydrogens (tertiary/aromatic N) is 1. The maximum Gasteiger partial charge on any atom is 0.298 e. The maximum absolute atomic E-state index is 14.1. The van der Waals surface area contributed by atoms with Crippen LogP contribution in [0.3, 0.4) is 0 Å². The Morgan fingerprint density at radius 2 is 1.83 bits per heavy atom. The van der Waals surface area contributed by atoms with E-state index in [9.17, 15) is 18.0 Å². The molecule has 100 valence electrons. The number of hydrogen-bond donors (Lipinski definition) is 0. The summed E-state index contributed by atoms with van der Waals surface area (Å²) >= 11 is 5.81. The molecule has 0 heterocycles. The van der Waals surface area contributed by atoms with Crippen LogP contribution in [0.2, 0.25) is 5.02 Å². The molecule has 1 amide bonds. The van der Waals surface area contributed by atoms with E-state index < -0.39 is 17.3 Å². The van der Waals surface area contributed by atoms with Gasteiger partial charge in [0.05, 0.1) is 0 Å². The Morgan fingerprint density at radius 3 is 2.22 bits per heavy atom. The molecule has 1 aromatic carbocycles. The standard InChI is InChI=1S/C11H11ClF3NOS/c1-16(2)10(17)11(15,9(13)14)18-8-5-3-7(12)4-6-8/h3-6,9H,1-2H3. The smallest absolute Gasteiger partial charge is 0.298 e. The normalized spacial score (nSPS) is 14.4. The van der Waals surface area contributed by atoms with Crippen LogP contribution in [0.1, 0.15) is 0 Å². The van der Waals surface area contributed by atoms with Crippen molar-refractivity contribution in [3.8, 4) is 0 Å². The van der Waals surface area contributed by atoms with Gasteiger partial charge in [-0.25, -0.2) is 13.2 Å². The molecule has 1 aromatic rings. The minimum atomic E-state index is -3.42. The molecule has 1 atom stereocenters. The first kappa shape index (κ1) is 15.2. The minimum Gasteiger partial charge on any atom is -0.345 e. The van der Waals surface area contributed by atoms with Crippen molar-refractivity contribution in [3.05, 3.63) is 29.3 Å². The predicted octanol–water partition coefficient (Wildman–Crippen LogP) is 3.45. The van der Waals surface area contributed by atoms with Crippen molar-refractivity contribution in [2.75, 3.05) is 14.1 Å². The second-order valence-electron chi connectivity index (χ2n) is 3.70. The Balaban J connectivity index is 3.00. The highest BCUT2D eigenvalue weighted by Gasteiger charge is 2.50.